The predicted molar refractivity (Wildman–Crippen MR) is 130 cm³/mol. The molecule has 8 nitrogen and oxygen atoms in total. The van der Waals surface area contributed by atoms with Crippen LogP contribution in [-0.2, 0) is 14.8 Å². The minimum atomic E-state index is -3.67. The number of rotatable bonds is 14. The molecule has 0 spiro atoms. The summed E-state index contributed by atoms with van der Waals surface area (Å²) in [7, 11) is -3.67. The molecule has 2 aromatic rings. The van der Waals surface area contributed by atoms with Crippen molar-refractivity contribution in [1.82, 2.24) is 4.31 Å². The normalized spacial score (nSPS) is 11.5. The third-order valence-corrected chi connectivity index (χ3v) is 7.03. The van der Waals surface area contributed by atoms with Crippen LogP contribution in [0.1, 0.15) is 33.6 Å². The summed E-state index contributed by atoms with van der Waals surface area (Å²) >= 11 is 0. The Kier molecular flexibility index (Phi) is 10.5. The summed E-state index contributed by atoms with van der Waals surface area (Å²) in [6, 6.07) is 10.3. The van der Waals surface area contributed by atoms with Crippen LogP contribution in [0.15, 0.2) is 47.4 Å². The fourth-order valence-electron chi connectivity index (χ4n) is 3.20. The van der Waals surface area contributed by atoms with Crippen LogP contribution in [0.25, 0.3) is 0 Å². The molecule has 34 heavy (non-hydrogen) atoms. The highest BCUT2D eigenvalue weighted by atomic mass is 32.2. The van der Waals surface area contributed by atoms with Gasteiger partial charge in [-0.1, -0.05) is 27.2 Å². The van der Waals surface area contributed by atoms with Crippen molar-refractivity contribution in [3.63, 3.8) is 0 Å². The van der Waals surface area contributed by atoms with E-state index in [1.807, 2.05) is 0 Å². The fraction of sp³-hybridized carbons (Fsp3) is 0.435. The number of hydrogen-bond donors (Lipinski definition) is 3. The second-order valence-corrected chi connectivity index (χ2v) is 9.32. The molecule has 0 atom stereocenters. The summed E-state index contributed by atoms with van der Waals surface area (Å²) in [6.45, 7) is 3.96. The molecule has 0 bridgehead atoms. The van der Waals surface area contributed by atoms with Gasteiger partial charge in [-0.15, -0.1) is 0 Å². The van der Waals surface area contributed by atoms with Gasteiger partial charge in [0.2, 0.25) is 15.9 Å². The number of benzene rings is 2. The highest BCUT2D eigenvalue weighted by Gasteiger charge is 2.22. The van der Waals surface area contributed by atoms with E-state index in [-0.39, 0.29) is 23.1 Å². The van der Waals surface area contributed by atoms with Crippen molar-refractivity contribution in [2.45, 2.75) is 45.1 Å². The van der Waals surface area contributed by atoms with Crippen LogP contribution in [0.2, 0.25) is 0 Å². The third-order valence-electron chi connectivity index (χ3n) is 4.98. The Morgan fingerprint density at radius 2 is 1.68 bits per heavy atom. The standard InChI is InChI=1S/C23H32F2N4O4S/c1-4-7-14-26-20-13-12-19(34(31,32)29(5-2)6-3)15-21(20)27-16-22(30)28-17-8-10-18(11-9-17)33-23(24)25/h8-13,15,23,26-27H,4-7,14,16H2,1-3H3,(H,28,30). The van der Waals surface area contributed by atoms with Crippen LogP contribution in [-0.4, -0.2) is 51.4 Å². The van der Waals surface area contributed by atoms with E-state index in [1.165, 1.54) is 34.6 Å². The van der Waals surface area contributed by atoms with Crippen molar-refractivity contribution in [1.29, 1.82) is 0 Å². The maximum Gasteiger partial charge on any atom is 0.387 e. The summed E-state index contributed by atoms with van der Waals surface area (Å²) in [5.41, 5.74) is 1.58. The number of sulfonamides is 1. The van der Waals surface area contributed by atoms with E-state index in [9.17, 15) is 22.0 Å². The molecule has 11 heteroatoms. The Morgan fingerprint density at radius 1 is 1.00 bits per heavy atom. The van der Waals surface area contributed by atoms with Crippen molar-refractivity contribution in [3.05, 3.63) is 42.5 Å². The van der Waals surface area contributed by atoms with Gasteiger partial charge in [-0.05, 0) is 48.9 Å². The monoisotopic (exact) mass is 498 g/mol. The largest absolute Gasteiger partial charge is 0.435 e. The smallest absolute Gasteiger partial charge is 0.387 e. The molecule has 0 aromatic heterocycles. The Morgan fingerprint density at radius 3 is 2.26 bits per heavy atom. The molecule has 0 saturated heterocycles. The summed E-state index contributed by atoms with van der Waals surface area (Å²) in [6.07, 6.45) is 1.93. The first-order chi connectivity index (χ1) is 16.2. The van der Waals surface area contributed by atoms with Gasteiger partial charge in [0.1, 0.15) is 5.75 Å². The molecule has 0 aliphatic rings. The summed E-state index contributed by atoms with van der Waals surface area (Å²) < 4.78 is 56.0. The SMILES string of the molecule is CCCCNc1ccc(S(=O)(=O)N(CC)CC)cc1NCC(=O)Nc1ccc(OC(F)F)cc1. The van der Waals surface area contributed by atoms with Crippen LogP contribution in [0.4, 0.5) is 25.8 Å². The number of carbonyl (C=O) groups excluding carboxylic acids is 1. The number of ether oxygens (including phenoxy) is 1. The Labute approximate surface area is 199 Å². The molecule has 1 amide bonds. The van der Waals surface area contributed by atoms with Crippen LogP contribution < -0.4 is 20.7 Å². The molecule has 0 radical (unpaired) electrons. The molecule has 0 unspecified atom stereocenters. The third kappa shape index (κ3) is 7.84. The van der Waals surface area contributed by atoms with Gasteiger partial charge < -0.3 is 20.7 Å². The van der Waals surface area contributed by atoms with Crippen molar-refractivity contribution in [2.24, 2.45) is 0 Å². The first-order valence-corrected chi connectivity index (χ1v) is 12.6. The lowest BCUT2D eigenvalue weighted by atomic mass is 10.2. The quantitative estimate of drug-likeness (QED) is 0.330. The molecule has 2 aromatic carbocycles. The molecule has 0 saturated carbocycles. The van der Waals surface area contributed by atoms with Crippen molar-refractivity contribution in [2.75, 3.05) is 42.1 Å². The fourth-order valence-corrected chi connectivity index (χ4v) is 4.68. The summed E-state index contributed by atoms with van der Waals surface area (Å²) in [4.78, 5) is 12.6. The average molecular weight is 499 g/mol. The lowest BCUT2D eigenvalue weighted by molar-refractivity contribution is -0.114. The molecule has 2 rings (SSSR count). The molecule has 0 aliphatic carbocycles. The van der Waals surface area contributed by atoms with Gasteiger partial charge in [-0.25, -0.2) is 8.42 Å². The Bertz CT molecular complexity index is 1030. The van der Waals surface area contributed by atoms with E-state index in [2.05, 4.69) is 27.6 Å². The van der Waals surface area contributed by atoms with Crippen LogP contribution in [0.3, 0.4) is 0 Å². The Balaban J connectivity index is 2.15. The highest BCUT2D eigenvalue weighted by Crippen LogP contribution is 2.27. The first-order valence-electron chi connectivity index (χ1n) is 11.2. The molecule has 0 heterocycles. The maximum absolute atomic E-state index is 12.9. The minimum Gasteiger partial charge on any atom is -0.435 e. The number of nitrogens with one attached hydrogen (secondary N) is 3. The highest BCUT2D eigenvalue weighted by molar-refractivity contribution is 7.89. The molecular weight excluding hydrogens is 466 g/mol. The zero-order valence-electron chi connectivity index (χ0n) is 19.6. The number of halogens is 2. The number of hydrogen-bond acceptors (Lipinski definition) is 6. The van der Waals surface area contributed by atoms with Gasteiger partial charge in [0.05, 0.1) is 22.8 Å². The van der Waals surface area contributed by atoms with E-state index < -0.39 is 16.6 Å². The van der Waals surface area contributed by atoms with Gasteiger partial charge in [0, 0.05) is 25.3 Å². The number of carbonyl (C=O) groups is 1. The first kappa shape index (κ1) is 27.3. The van der Waals surface area contributed by atoms with Crippen molar-refractivity contribution >= 4 is 33.0 Å². The van der Waals surface area contributed by atoms with Gasteiger partial charge in [0.25, 0.3) is 0 Å². The molecule has 0 aliphatic heterocycles. The maximum atomic E-state index is 12.9. The molecule has 0 fully saturated rings. The summed E-state index contributed by atoms with van der Waals surface area (Å²) in [5, 5.41) is 8.93. The number of unbranched alkanes of at least 4 members (excludes halogenated alkanes) is 1. The predicted octanol–water partition coefficient (Wildman–Crippen LogP) is 4.58. The van der Waals surface area contributed by atoms with Gasteiger partial charge >= 0.3 is 6.61 Å². The lowest BCUT2D eigenvalue weighted by Crippen LogP contribution is -2.30. The topological polar surface area (TPSA) is 99.8 Å². The number of alkyl halides is 2. The van der Waals surface area contributed by atoms with Crippen LogP contribution >= 0.6 is 0 Å². The van der Waals surface area contributed by atoms with Crippen LogP contribution in [0, 0.1) is 0 Å². The van der Waals surface area contributed by atoms with Gasteiger partial charge in [0.15, 0.2) is 0 Å². The minimum absolute atomic E-state index is 0.0138. The van der Waals surface area contributed by atoms with E-state index >= 15 is 0 Å². The van der Waals surface area contributed by atoms with E-state index in [0.29, 0.717) is 36.7 Å². The average Bonchev–Trinajstić information content (AvgIpc) is 2.80. The lowest BCUT2D eigenvalue weighted by Gasteiger charge is -2.20. The van der Waals surface area contributed by atoms with E-state index in [4.69, 9.17) is 0 Å². The van der Waals surface area contributed by atoms with Crippen molar-refractivity contribution in [3.8, 4) is 5.75 Å². The zero-order valence-corrected chi connectivity index (χ0v) is 20.4. The van der Waals surface area contributed by atoms with E-state index in [0.717, 1.165) is 12.8 Å². The number of anilines is 3. The van der Waals surface area contributed by atoms with Crippen molar-refractivity contribution < 1.29 is 26.7 Å². The van der Waals surface area contributed by atoms with Crippen LogP contribution in [0.5, 0.6) is 5.75 Å². The number of nitrogens with zero attached hydrogens (tertiary/aromatic N) is 1. The van der Waals surface area contributed by atoms with Gasteiger partial charge in [-0.2, -0.15) is 13.1 Å². The van der Waals surface area contributed by atoms with E-state index in [1.54, 1.807) is 26.0 Å². The summed E-state index contributed by atoms with van der Waals surface area (Å²) in [5.74, 6) is -0.404. The van der Waals surface area contributed by atoms with Gasteiger partial charge in [-0.3, -0.25) is 4.79 Å². The number of amides is 1. The molecule has 188 valence electrons. The zero-order chi connectivity index (χ0) is 25.1. The second kappa shape index (κ2) is 13.1. The Hall–Kier alpha value is -2.92. The second-order valence-electron chi connectivity index (χ2n) is 7.38. The molecular formula is C23H32F2N4O4S. The molecule has 3 N–H and O–H groups in total.